The zero-order valence-electron chi connectivity index (χ0n) is 12.2. The molecule has 0 saturated heterocycles. The van der Waals surface area contributed by atoms with Crippen molar-refractivity contribution >= 4 is 0 Å². The Kier molecular flexibility index (Phi) is 5.00. The van der Waals surface area contributed by atoms with Crippen molar-refractivity contribution in [2.45, 2.75) is 45.4 Å². The summed E-state index contributed by atoms with van der Waals surface area (Å²) in [7, 11) is 0. The van der Waals surface area contributed by atoms with Gasteiger partial charge in [-0.1, -0.05) is 23.8 Å². The van der Waals surface area contributed by atoms with E-state index in [9.17, 15) is 5.11 Å². The number of hydrogen-bond donors (Lipinski definition) is 2. The van der Waals surface area contributed by atoms with Crippen LogP contribution in [0.15, 0.2) is 18.2 Å². The highest BCUT2D eigenvalue weighted by atomic mass is 16.3. The molecule has 1 fully saturated rings. The van der Waals surface area contributed by atoms with Crippen LogP contribution in [-0.4, -0.2) is 18.3 Å². The lowest BCUT2D eigenvalue weighted by molar-refractivity contribution is 0.158. The second kappa shape index (κ2) is 6.53. The Morgan fingerprint density at radius 1 is 1.21 bits per heavy atom. The topological polar surface area (TPSA) is 46.2 Å². The minimum atomic E-state index is 0.351. The van der Waals surface area contributed by atoms with Crippen molar-refractivity contribution in [3.63, 3.8) is 0 Å². The summed E-state index contributed by atoms with van der Waals surface area (Å²) in [5.74, 6) is 1.70. The van der Waals surface area contributed by atoms with E-state index in [2.05, 4.69) is 32.0 Å². The molecule has 0 amide bonds. The van der Waals surface area contributed by atoms with Gasteiger partial charge in [-0.2, -0.15) is 0 Å². The fourth-order valence-corrected chi connectivity index (χ4v) is 3.59. The quantitative estimate of drug-likeness (QED) is 0.874. The maximum Gasteiger partial charge on any atom is 0.0459 e. The second-order valence-corrected chi connectivity index (χ2v) is 6.17. The summed E-state index contributed by atoms with van der Waals surface area (Å²) in [4.78, 5) is 0. The van der Waals surface area contributed by atoms with Crippen LogP contribution < -0.4 is 5.73 Å². The molecule has 2 rings (SSSR count). The number of hydrogen-bond acceptors (Lipinski definition) is 2. The van der Waals surface area contributed by atoms with Crippen LogP contribution in [0.3, 0.4) is 0 Å². The zero-order chi connectivity index (χ0) is 13.8. The van der Waals surface area contributed by atoms with Gasteiger partial charge in [-0.25, -0.2) is 0 Å². The number of aryl methyl sites for hydroxylation is 2. The summed E-state index contributed by atoms with van der Waals surface area (Å²) in [6.45, 7) is 5.42. The van der Waals surface area contributed by atoms with Gasteiger partial charge in [0.15, 0.2) is 0 Å². The molecule has 1 unspecified atom stereocenters. The molecule has 106 valence electrons. The largest absolute Gasteiger partial charge is 0.396 e. The van der Waals surface area contributed by atoms with Gasteiger partial charge in [-0.05, 0) is 75.0 Å². The van der Waals surface area contributed by atoms with Crippen LogP contribution >= 0.6 is 0 Å². The normalized spacial score (nSPS) is 25.3. The van der Waals surface area contributed by atoms with Crippen molar-refractivity contribution in [2.24, 2.45) is 17.6 Å². The van der Waals surface area contributed by atoms with Crippen molar-refractivity contribution in [3.8, 4) is 0 Å². The molecule has 1 aliphatic rings. The molecule has 0 aliphatic heterocycles. The van der Waals surface area contributed by atoms with E-state index in [0.29, 0.717) is 24.4 Å². The summed E-state index contributed by atoms with van der Waals surface area (Å²) in [6, 6.07) is 6.72. The van der Waals surface area contributed by atoms with E-state index in [0.717, 1.165) is 19.4 Å². The summed E-state index contributed by atoms with van der Waals surface area (Å²) < 4.78 is 0. The molecule has 19 heavy (non-hydrogen) atoms. The molecule has 1 aromatic carbocycles. The van der Waals surface area contributed by atoms with Crippen molar-refractivity contribution in [2.75, 3.05) is 13.2 Å². The highest BCUT2D eigenvalue weighted by Crippen LogP contribution is 2.38. The lowest BCUT2D eigenvalue weighted by Crippen LogP contribution is -2.27. The molecule has 2 nitrogen and oxygen atoms in total. The molecular weight excluding hydrogens is 234 g/mol. The molecule has 0 aromatic heterocycles. The van der Waals surface area contributed by atoms with Gasteiger partial charge in [0.1, 0.15) is 0 Å². The Morgan fingerprint density at radius 2 is 1.89 bits per heavy atom. The van der Waals surface area contributed by atoms with Crippen LogP contribution in [0, 0.1) is 25.7 Å². The number of aliphatic hydroxyl groups excluding tert-OH is 1. The minimum absolute atomic E-state index is 0.351. The Hall–Kier alpha value is -0.860. The summed E-state index contributed by atoms with van der Waals surface area (Å²) in [5, 5.41) is 9.24. The van der Waals surface area contributed by atoms with Crippen molar-refractivity contribution in [3.05, 3.63) is 34.9 Å². The highest BCUT2D eigenvalue weighted by Gasteiger charge is 2.28. The summed E-state index contributed by atoms with van der Waals surface area (Å²) >= 11 is 0. The molecule has 1 aliphatic carbocycles. The second-order valence-electron chi connectivity index (χ2n) is 6.17. The van der Waals surface area contributed by atoms with E-state index >= 15 is 0 Å². The predicted molar refractivity (Wildman–Crippen MR) is 80.2 cm³/mol. The number of rotatable bonds is 4. The van der Waals surface area contributed by atoms with Gasteiger partial charge < -0.3 is 10.8 Å². The van der Waals surface area contributed by atoms with E-state index in [1.54, 1.807) is 0 Å². The molecule has 0 bridgehead atoms. The predicted octanol–water partition coefficient (Wildman–Crippen LogP) is 3.14. The average Bonchev–Trinajstić information content (AvgIpc) is 2.42. The Labute approximate surface area is 117 Å². The van der Waals surface area contributed by atoms with Gasteiger partial charge in [-0.3, -0.25) is 0 Å². The van der Waals surface area contributed by atoms with Gasteiger partial charge in [0.05, 0.1) is 0 Å². The zero-order valence-corrected chi connectivity index (χ0v) is 12.2. The molecule has 1 aromatic rings. The van der Waals surface area contributed by atoms with E-state index < -0.39 is 0 Å². The Bertz CT molecular complexity index is 408. The van der Waals surface area contributed by atoms with Crippen LogP contribution in [0.2, 0.25) is 0 Å². The maximum atomic E-state index is 9.24. The molecule has 0 heterocycles. The van der Waals surface area contributed by atoms with E-state index in [1.165, 1.54) is 29.5 Å². The van der Waals surface area contributed by atoms with Gasteiger partial charge in [0, 0.05) is 6.61 Å². The lowest BCUT2D eigenvalue weighted by atomic mass is 9.73. The van der Waals surface area contributed by atoms with Crippen LogP contribution in [0.1, 0.15) is 48.3 Å². The van der Waals surface area contributed by atoms with Crippen LogP contribution in [-0.2, 0) is 0 Å². The molecule has 2 heteroatoms. The first-order valence-corrected chi connectivity index (χ1v) is 7.53. The molecule has 3 N–H and O–H groups in total. The van der Waals surface area contributed by atoms with Gasteiger partial charge in [-0.15, -0.1) is 0 Å². The van der Waals surface area contributed by atoms with Gasteiger partial charge in [0.25, 0.3) is 0 Å². The standard InChI is InChI=1S/C17H27NO/c1-12-3-8-16(13(2)9-12)17(10-18)15-6-4-14(11-19)5-7-15/h3,8-9,14-15,17,19H,4-7,10-11,18H2,1-2H3. The summed E-state index contributed by atoms with van der Waals surface area (Å²) in [6.07, 6.45) is 4.73. The molecular formula is C17H27NO. The first-order valence-electron chi connectivity index (χ1n) is 7.53. The van der Waals surface area contributed by atoms with Gasteiger partial charge >= 0.3 is 0 Å². The summed E-state index contributed by atoms with van der Waals surface area (Å²) in [5.41, 5.74) is 10.2. The Morgan fingerprint density at radius 3 is 2.42 bits per heavy atom. The molecule has 0 spiro atoms. The van der Waals surface area contributed by atoms with E-state index in [1.807, 2.05) is 0 Å². The molecule has 1 saturated carbocycles. The lowest BCUT2D eigenvalue weighted by Gasteiger charge is -2.33. The maximum absolute atomic E-state index is 9.24. The fourth-order valence-electron chi connectivity index (χ4n) is 3.59. The van der Waals surface area contributed by atoms with E-state index in [-0.39, 0.29) is 0 Å². The average molecular weight is 261 g/mol. The van der Waals surface area contributed by atoms with Crippen LogP contribution in [0.5, 0.6) is 0 Å². The third-order valence-corrected chi connectivity index (χ3v) is 4.80. The first-order chi connectivity index (χ1) is 9.15. The fraction of sp³-hybridized carbons (Fsp3) is 0.647. The minimum Gasteiger partial charge on any atom is -0.396 e. The molecule has 1 atom stereocenters. The van der Waals surface area contributed by atoms with Crippen molar-refractivity contribution in [1.82, 2.24) is 0 Å². The van der Waals surface area contributed by atoms with Gasteiger partial charge in [0.2, 0.25) is 0 Å². The highest BCUT2D eigenvalue weighted by molar-refractivity contribution is 5.33. The van der Waals surface area contributed by atoms with Crippen molar-refractivity contribution in [1.29, 1.82) is 0 Å². The van der Waals surface area contributed by atoms with Crippen molar-refractivity contribution < 1.29 is 5.11 Å². The molecule has 0 radical (unpaired) electrons. The Balaban J connectivity index is 2.12. The third kappa shape index (κ3) is 3.37. The number of nitrogens with two attached hydrogens (primary N) is 1. The van der Waals surface area contributed by atoms with Crippen LogP contribution in [0.4, 0.5) is 0 Å². The van der Waals surface area contributed by atoms with E-state index in [4.69, 9.17) is 5.73 Å². The van der Waals surface area contributed by atoms with Crippen LogP contribution in [0.25, 0.3) is 0 Å². The third-order valence-electron chi connectivity index (χ3n) is 4.80. The smallest absolute Gasteiger partial charge is 0.0459 e. The number of aliphatic hydroxyl groups is 1. The monoisotopic (exact) mass is 261 g/mol. The SMILES string of the molecule is Cc1ccc(C(CN)C2CCC(CO)CC2)c(C)c1. The first kappa shape index (κ1) is 14.5. The number of benzene rings is 1.